The van der Waals surface area contributed by atoms with E-state index in [-0.39, 0.29) is 18.5 Å². The molecule has 98 valence electrons. The van der Waals surface area contributed by atoms with Gasteiger partial charge in [-0.3, -0.25) is 4.79 Å². The number of carbonyl (C=O) groups is 1. The van der Waals surface area contributed by atoms with Gasteiger partial charge in [-0.25, -0.2) is 13.2 Å². The normalized spacial score (nSPS) is 14.7. The summed E-state index contributed by atoms with van der Waals surface area (Å²) in [6.07, 6.45) is 1.60. The second-order valence-corrected chi connectivity index (χ2v) is 4.54. The van der Waals surface area contributed by atoms with E-state index in [0.29, 0.717) is 12.1 Å². The lowest BCUT2D eigenvalue weighted by Crippen LogP contribution is -2.36. The molecule has 18 heavy (non-hydrogen) atoms. The zero-order valence-corrected chi connectivity index (χ0v) is 10.2. The molecule has 0 bridgehead atoms. The Kier molecular flexibility index (Phi) is 3.80. The molecule has 1 aliphatic rings. The molecule has 0 radical (unpaired) electrons. The van der Waals surface area contributed by atoms with Crippen LogP contribution in [0.2, 0.25) is 0 Å². The monoisotopic (exact) mass is 277 g/mol. The highest BCUT2D eigenvalue weighted by atomic mass is 35.5. The quantitative estimate of drug-likeness (QED) is 0.775. The van der Waals surface area contributed by atoms with E-state index < -0.39 is 28.9 Å². The molecule has 0 aromatic heterocycles. The van der Waals surface area contributed by atoms with Crippen molar-refractivity contribution in [2.75, 3.05) is 12.4 Å². The van der Waals surface area contributed by atoms with Gasteiger partial charge < -0.3 is 4.90 Å². The fourth-order valence-electron chi connectivity index (χ4n) is 1.82. The number of hydrogen-bond donors (Lipinski definition) is 0. The lowest BCUT2D eigenvalue weighted by atomic mass is 10.1. The van der Waals surface area contributed by atoms with Crippen molar-refractivity contribution in [3.8, 4) is 0 Å². The summed E-state index contributed by atoms with van der Waals surface area (Å²) in [4.78, 5) is 13.4. The van der Waals surface area contributed by atoms with Gasteiger partial charge in [-0.05, 0) is 12.8 Å². The summed E-state index contributed by atoms with van der Waals surface area (Å²) in [5.41, 5.74) is -0.714. The Bertz CT molecular complexity index is 453. The maximum absolute atomic E-state index is 13.5. The predicted octanol–water partition coefficient (Wildman–Crippen LogP) is 2.95. The van der Waals surface area contributed by atoms with E-state index in [1.165, 1.54) is 4.90 Å². The molecule has 1 aromatic rings. The van der Waals surface area contributed by atoms with Crippen LogP contribution < -0.4 is 0 Å². The first-order chi connectivity index (χ1) is 8.54. The fourth-order valence-corrected chi connectivity index (χ4v) is 2.00. The Morgan fingerprint density at radius 3 is 2.28 bits per heavy atom. The summed E-state index contributed by atoms with van der Waals surface area (Å²) in [7, 11) is 0. The third kappa shape index (κ3) is 2.61. The van der Waals surface area contributed by atoms with E-state index in [4.69, 9.17) is 11.6 Å². The molecule has 0 N–H and O–H groups in total. The van der Waals surface area contributed by atoms with Crippen LogP contribution in [0.3, 0.4) is 0 Å². The molecular formula is C12H11ClF3NO. The molecule has 0 unspecified atom stereocenters. The Balaban J connectivity index is 2.32. The highest BCUT2D eigenvalue weighted by Crippen LogP contribution is 2.29. The number of rotatable bonds is 4. The summed E-state index contributed by atoms with van der Waals surface area (Å²) in [6.45, 7) is 0.224. The first-order valence-electron chi connectivity index (χ1n) is 5.56. The van der Waals surface area contributed by atoms with Crippen molar-refractivity contribution >= 4 is 17.5 Å². The van der Waals surface area contributed by atoms with Crippen molar-refractivity contribution < 1.29 is 18.0 Å². The summed E-state index contributed by atoms with van der Waals surface area (Å²) in [5, 5.41) is 0. The average molecular weight is 278 g/mol. The summed E-state index contributed by atoms with van der Waals surface area (Å²) < 4.78 is 39.7. The molecule has 1 aromatic carbocycles. The van der Waals surface area contributed by atoms with E-state index >= 15 is 0 Å². The molecule has 0 atom stereocenters. The van der Waals surface area contributed by atoms with Gasteiger partial charge in [0.15, 0.2) is 0 Å². The molecule has 1 saturated carbocycles. The van der Waals surface area contributed by atoms with Crippen molar-refractivity contribution in [1.29, 1.82) is 0 Å². The van der Waals surface area contributed by atoms with Crippen LogP contribution in [0.25, 0.3) is 0 Å². The predicted molar refractivity (Wildman–Crippen MR) is 61.1 cm³/mol. The topological polar surface area (TPSA) is 20.3 Å². The highest BCUT2D eigenvalue weighted by molar-refractivity contribution is 6.18. The number of halogens is 4. The van der Waals surface area contributed by atoms with Gasteiger partial charge in [-0.2, -0.15) is 0 Å². The van der Waals surface area contributed by atoms with Gasteiger partial charge in [0, 0.05) is 30.6 Å². The van der Waals surface area contributed by atoms with E-state index in [0.717, 1.165) is 12.8 Å². The molecule has 0 heterocycles. The maximum atomic E-state index is 13.5. The number of hydrogen-bond acceptors (Lipinski definition) is 1. The van der Waals surface area contributed by atoms with Crippen molar-refractivity contribution in [2.24, 2.45) is 0 Å². The lowest BCUT2D eigenvalue weighted by molar-refractivity contribution is 0.0743. The Labute approximate surface area is 107 Å². The van der Waals surface area contributed by atoms with Crippen LogP contribution in [0, 0.1) is 17.5 Å². The summed E-state index contributed by atoms with van der Waals surface area (Å²) in [5.74, 6) is -3.99. The lowest BCUT2D eigenvalue weighted by Gasteiger charge is -2.21. The number of alkyl halides is 1. The van der Waals surface area contributed by atoms with Gasteiger partial charge in [0.1, 0.15) is 23.0 Å². The number of carbonyl (C=O) groups excluding carboxylic acids is 1. The van der Waals surface area contributed by atoms with Gasteiger partial charge in [0.05, 0.1) is 0 Å². The zero-order valence-electron chi connectivity index (χ0n) is 9.43. The van der Waals surface area contributed by atoms with Crippen LogP contribution in [-0.2, 0) is 0 Å². The van der Waals surface area contributed by atoms with Crippen LogP contribution in [0.5, 0.6) is 0 Å². The second-order valence-electron chi connectivity index (χ2n) is 4.16. The van der Waals surface area contributed by atoms with Crippen LogP contribution in [0.1, 0.15) is 23.2 Å². The number of nitrogens with zero attached hydrogens (tertiary/aromatic N) is 1. The molecule has 0 aliphatic heterocycles. The van der Waals surface area contributed by atoms with Crippen molar-refractivity contribution in [2.45, 2.75) is 18.9 Å². The molecule has 2 nitrogen and oxygen atoms in total. The number of amides is 1. The van der Waals surface area contributed by atoms with Crippen LogP contribution >= 0.6 is 11.6 Å². The third-order valence-electron chi connectivity index (χ3n) is 2.79. The molecule has 1 aliphatic carbocycles. The Hall–Kier alpha value is -1.23. The van der Waals surface area contributed by atoms with Gasteiger partial charge >= 0.3 is 0 Å². The maximum Gasteiger partial charge on any atom is 0.260 e. The van der Waals surface area contributed by atoms with Crippen molar-refractivity contribution in [3.63, 3.8) is 0 Å². The minimum Gasteiger partial charge on any atom is -0.334 e. The molecule has 0 saturated heterocycles. The largest absolute Gasteiger partial charge is 0.334 e. The van der Waals surface area contributed by atoms with E-state index in [1.807, 2.05) is 0 Å². The Morgan fingerprint density at radius 2 is 1.83 bits per heavy atom. The highest BCUT2D eigenvalue weighted by Gasteiger charge is 2.34. The smallest absolute Gasteiger partial charge is 0.260 e. The summed E-state index contributed by atoms with van der Waals surface area (Å²) in [6, 6.07) is 0.990. The van der Waals surface area contributed by atoms with Gasteiger partial charge in [-0.1, -0.05) is 0 Å². The van der Waals surface area contributed by atoms with Gasteiger partial charge in [-0.15, -0.1) is 11.6 Å². The molecular weight excluding hydrogens is 267 g/mol. The molecule has 0 spiro atoms. The first-order valence-corrected chi connectivity index (χ1v) is 6.09. The van der Waals surface area contributed by atoms with Crippen molar-refractivity contribution in [1.82, 2.24) is 4.90 Å². The van der Waals surface area contributed by atoms with Gasteiger partial charge in [0.25, 0.3) is 5.91 Å². The minimum absolute atomic E-state index is 0.0138. The fraction of sp³-hybridized carbons (Fsp3) is 0.417. The van der Waals surface area contributed by atoms with E-state index in [2.05, 4.69) is 0 Å². The first kappa shape index (κ1) is 13.2. The second kappa shape index (κ2) is 5.18. The molecule has 1 amide bonds. The molecule has 1 fully saturated rings. The van der Waals surface area contributed by atoms with Crippen LogP contribution in [0.4, 0.5) is 13.2 Å². The number of benzene rings is 1. The van der Waals surface area contributed by atoms with Crippen LogP contribution in [0.15, 0.2) is 12.1 Å². The van der Waals surface area contributed by atoms with Crippen molar-refractivity contribution in [3.05, 3.63) is 35.1 Å². The third-order valence-corrected chi connectivity index (χ3v) is 2.96. The summed E-state index contributed by atoms with van der Waals surface area (Å²) >= 11 is 5.56. The SMILES string of the molecule is O=C(c1c(F)cc(F)cc1F)N(CCCl)C1CC1. The zero-order chi connectivity index (χ0) is 13.3. The average Bonchev–Trinajstić information content (AvgIpc) is 3.07. The van der Waals surface area contributed by atoms with E-state index in [9.17, 15) is 18.0 Å². The Morgan fingerprint density at radius 1 is 1.28 bits per heavy atom. The van der Waals surface area contributed by atoms with Crippen LogP contribution in [-0.4, -0.2) is 29.3 Å². The molecule has 2 rings (SSSR count). The van der Waals surface area contributed by atoms with Gasteiger partial charge in [0.2, 0.25) is 0 Å². The van der Waals surface area contributed by atoms with E-state index in [1.54, 1.807) is 0 Å². The molecule has 6 heteroatoms. The minimum atomic E-state index is -1.18. The standard InChI is InChI=1S/C12H11ClF3NO/c13-3-4-17(8-1-2-8)12(18)11-9(15)5-7(14)6-10(11)16/h5-6,8H,1-4H2.